The summed E-state index contributed by atoms with van der Waals surface area (Å²) in [5.74, 6) is 0.134. The number of morpholine rings is 1. The molecular formula is C22H31N3O3. The molecule has 6 heteroatoms. The lowest BCUT2D eigenvalue weighted by molar-refractivity contribution is -0.132. The minimum Gasteiger partial charge on any atom is -0.379 e. The van der Waals surface area contributed by atoms with Crippen LogP contribution >= 0.6 is 0 Å². The number of rotatable bonds is 6. The molecule has 6 nitrogen and oxygen atoms in total. The van der Waals surface area contributed by atoms with Gasteiger partial charge in [-0.2, -0.15) is 0 Å². The molecule has 0 radical (unpaired) electrons. The summed E-state index contributed by atoms with van der Waals surface area (Å²) in [6.07, 6.45) is 4.92. The standard InChI is InChI=1S/C22H31N3O3/c1-18(24-13-15-28-16-14-24)17-23-22(27)20-9-11-25(12-10-20)21(26)8-7-19-5-3-2-4-6-19/h2-8,18,20H,9-17H2,1H3,(H,23,27)/b8-7+. The zero-order valence-corrected chi connectivity index (χ0v) is 16.7. The lowest BCUT2D eigenvalue weighted by Gasteiger charge is -2.33. The van der Waals surface area contributed by atoms with E-state index in [1.165, 1.54) is 0 Å². The number of ether oxygens (including phenoxy) is 1. The molecule has 1 atom stereocenters. The number of carbonyl (C=O) groups is 2. The third-order valence-corrected chi connectivity index (χ3v) is 5.64. The van der Waals surface area contributed by atoms with Crippen molar-refractivity contribution in [3.05, 3.63) is 42.0 Å². The zero-order valence-electron chi connectivity index (χ0n) is 16.7. The van der Waals surface area contributed by atoms with Crippen molar-refractivity contribution in [2.45, 2.75) is 25.8 Å². The van der Waals surface area contributed by atoms with Gasteiger partial charge >= 0.3 is 0 Å². The number of nitrogens with zero attached hydrogens (tertiary/aromatic N) is 2. The van der Waals surface area contributed by atoms with E-state index in [2.05, 4.69) is 17.1 Å². The lowest BCUT2D eigenvalue weighted by atomic mass is 9.95. The van der Waals surface area contributed by atoms with Crippen molar-refractivity contribution in [3.8, 4) is 0 Å². The Balaban J connectivity index is 1.38. The average Bonchev–Trinajstić information content (AvgIpc) is 2.77. The Morgan fingerprint density at radius 2 is 1.82 bits per heavy atom. The Labute approximate surface area is 167 Å². The van der Waals surface area contributed by atoms with E-state index in [0.29, 0.717) is 25.7 Å². The number of hydrogen-bond acceptors (Lipinski definition) is 4. The van der Waals surface area contributed by atoms with Gasteiger partial charge in [0, 0.05) is 50.8 Å². The molecule has 0 bridgehead atoms. The molecule has 1 N–H and O–H groups in total. The topological polar surface area (TPSA) is 61.9 Å². The van der Waals surface area contributed by atoms with Gasteiger partial charge in [-0.25, -0.2) is 0 Å². The van der Waals surface area contributed by atoms with Gasteiger partial charge in [0.2, 0.25) is 11.8 Å². The molecule has 0 aromatic heterocycles. The van der Waals surface area contributed by atoms with Crippen LogP contribution in [0, 0.1) is 5.92 Å². The average molecular weight is 386 g/mol. The van der Waals surface area contributed by atoms with Crippen molar-refractivity contribution in [3.63, 3.8) is 0 Å². The smallest absolute Gasteiger partial charge is 0.246 e. The van der Waals surface area contributed by atoms with Crippen molar-refractivity contribution < 1.29 is 14.3 Å². The Kier molecular flexibility index (Phi) is 7.62. The molecule has 3 rings (SSSR count). The summed E-state index contributed by atoms with van der Waals surface area (Å²) < 4.78 is 5.38. The van der Waals surface area contributed by atoms with Gasteiger partial charge in [0.1, 0.15) is 0 Å². The molecule has 2 heterocycles. The Bertz CT molecular complexity index is 663. The lowest BCUT2D eigenvalue weighted by Crippen LogP contribution is -2.49. The first-order valence-corrected chi connectivity index (χ1v) is 10.2. The van der Waals surface area contributed by atoms with Crippen LogP contribution in [0.4, 0.5) is 0 Å². The SMILES string of the molecule is CC(CNC(=O)C1CCN(C(=O)/C=C/c2ccccc2)CC1)N1CCOCC1. The van der Waals surface area contributed by atoms with Crippen molar-refractivity contribution >= 4 is 17.9 Å². The third-order valence-electron chi connectivity index (χ3n) is 5.64. The maximum Gasteiger partial charge on any atom is 0.246 e. The van der Waals surface area contributed by atoms with E-state index in [4.69, 9.17) is 4.74 Å². The van der Waals surface area contributed by atoms with E-state index in [1.807, 2.05) is 41.3 Å². The van der Waals surface area contributed by atoms with Crippen LogP contribution in [0.25, 0.3) is 6.08 Å². The van der Waals surface area contributed by atoms with Gasteiger partial charge < -0.3 is 15.0 Å². The first-order chi connectivity index (χ1) is 13.6. The summed E-state index contributed by atoms with van der Waals surface area (Å²) in [5, 5.41) is 3.10. The molecule has 2 aliphatic heterocycles. The van der Waals surface area contributed by atoms with Gasteiger partial charge in [-0.15, -0.1) is 0 Å². The molecule has 0 spiro atoms. The number of benzene rings is 1. The maximum absolute atomic E-state index is 12.5. The molecule has 0 saturated carbocycles. The van der Waals surface area contributed by atoms with Crippen molar-refractivity contribution in [1.82, 2.24) is 15.1 Å². The number of amides is 2. The van der Waals surface area contributed by atoms with E-state index < -0.39 is 0 Å². The van der Waals surface area contributed by atoms with Gasteiger partial charge in [-0.1, -0.05) is 30.3 Å². The second-order valence-corrected chi connectivity index (χ2v) is 7.59. The van der Waals surface area contributed by atoms with Gasteiger partial charge in [-0.05, 0) is 31.4 Å². The molecule has 1 unspecified atom stereocenters. The fourth-order valence-corrected chi connectivity index (χ4v) is 3.74. The van der Waals surface area contributed by atoms with E-state index >= 15 is 0 Å². The predicted octanol–water partition coefficient (Wildman–Crippen LogP) is 1.78. The van der Waals surface area contributed by atoms with Crippen LogP contribution in [0.1, 0.15) is 25.3 Å². The summed E-state index contributed by atoms with van der Waals surface area (Å²) in [6, 6.07) is 10.1. The fraction of sp³-hybridized carbons (Fsp3) is 0.545. The van der Waals surface area contributed by atoms with Gasteiger partial charge in [-0.3, -0.25) is 14.5 Å². The molecule has 1 aromatic rings. The van der Waals surface area contributed by atoms with E-state index in [-0.39, 0.29) is 17.7 Å². The van der Waals surface area contributed by atoms with Crippen molar-refractivity contribution in [2.75, 3.05) is 45.9 Å². The Morgan fingerprint density at radius 1 is 1.14 bits per heavy atom. The second kappa shape index (κ2) is 10.4. The molecule has 2 aliphatic rings. The normalized spacial score (nSPS) is 20.2. The first kappa shape index (κ1) is 20.6. The highest BCUT2D eigenvalue weighted by atomic mass is 16.5. The molecule has 28 heavy (non-hydrogen) atoms. The van der Waals surface area contributed by atoms with Crippen LogP contribution < -0.4 is 5.32 Å². The van der Waals surface area contributed by atoms with E-state index in [1.54, 1.807) is 6.08 Å². The molecule has 2 fully saturated rings. The summed E-state index contributed by atoms with van der Waals surface area (Å²) in [6.45, 7) is 7.46. The third kappa shape index (κ3) is 5.91. The monoisotopic (exact) mass is 385 g/mol. The molecule has 0 aliphatic carbocycles. The van der Waals surface area contributed by atoms with E-state index in [0.717, 1.165) is 44.7 Å². The quantitative estimate of drug-likeness (QED) is 0.759. The van der Waals surface area contributed by atoms with Gasteiger partial charge in [0.15, 0.2) is 0 Å². The number of nitrogens with one attached hydrogen (secondary N) is 1. The summed E-state index contributed by atoms with van der Waals surface area (Å²) >= 11 is 0. The first-order valence-electron chi connectivity index (χ1n) is 10.2. The highest BCUT2D eigenvalue weighted by Gasteiger charge is 2.27. The molecule has 152 valence electrons. The predicted molar refractivity (Wildman–Crippen MR) is 110 cm³/mol. The highest BCUT2D eigenvalue weighted by Crippen LogP contribution is 2.18. The summed E-state index contributed by atoms with van der Waals surface area (Å²) in [4.78, 5) is 29.0. The van der Waals surface area contributed by atoms with Crippen LogP contribution in [-0.4, -0.2) is 73.6 Å². The highest BCUT2D eigenvalue weighted by molar-refractivity contribution is 5.92. The maximum atomic E-state index is 12.5. The summed E-state index contributed by atoms with van der Waals surface area (Å²) in [5.41, 5.74) is 1.01. The second-order valence-electron chi connectivity index (χ2n) is 7.59. The molecule has 1 aromatic carbocycles. The van der Waals surface area contributed by atoms with Crippen molar-refractivity contribution in [2.24, 2.45) is 5.92 Å². The van der Waals surface area contributed by atoms with Crippen LogP contribution in [0.5, 0.6) is 0 Å². The number of hydrogen-bond donors (Lipinski definition) is 1. The molecule has 2 amide bonds. The molecular weight excluding hydrogens is 354 g/mol. The van der Waals surface area contributed by atoms with Crippen LogP contribution in [-0.2, 0) is 14.3 Å². The minimum atomic E-state index is -0.000887. The number of likely N-dealkylation sites (tertiary alicyclic amines) is 1. The number of piperidine rings is 1. The van der Waals surface area contributed by atoms with Crippen molar-refractivity contribution in [1.29, 1.82) is 0 Å². The minimum absolute atomic E-state index is 0.000887. The van der Waals surface area contributed by atoms with Crippen LogP contribution in [0.3, 0.4) is 0 Å². The van der Waals surface area contributed by atoms with E-state index in [9.17, 15) is 9.59 Å². The zero-order chi connectivity index (χ0) is 19.8. The summed E-state index contributed by atoms with van der Waals surface area (Å²) in [7, 11) is 0. The van der Waals surface area contributed by atoms with Crippen LogP contribution in [0.15, 0.2) is 36.4 Å². The molecule has 2 saturated heterocycles. The van der Waals surface area contributed by atoms with Gasteiger partial charge in [0.25, 0.3) is 0 Å². The van der Waals surface area contributed by atoms with Crippen LogP contribution in [0.2, 0.25) is 0 Å². The number of carbonyl (C=O) groups excluding carboxylic acids is 2. The Morgan fingerprint density at radius 3 is 2.50 bits per heavy atom. The van der Waals surface area contributed by atoms with Gasteiger partial charge in [0.05, 0.1) is 13.2 Å². The largest absolute Gasteiger partial charge is 0.379 e. The Hall–Kier alpha value is -2.18. The fourth-order valence-electron chi connectivity index (χ4n) is 3.74.